The third kappa shape index (κ3) is 3.34. The van der Waals surface area contributed by atoms with E-state index in [0.29, 0.717) is 45.4 Å². The summed E-state index contributed by atoms with van der Waals surface area (Å²) in [5.41, 5.74) is -0.767. The Labute approximate surface area is 137 Å². The van der Waals surface area contributed by atoms with Crippen LogP contribution in [0.4, 0.5) is 5.82 Å². The zero-order chi connectivity index (χ0) is 16.5. The number of anilines is 1. The summed E-state index contributed by atoms with van der Waals surface area (Å²) in [4.78, 5) is 10.5. The van der Waals surface area contributed by atoms with E-state index in [4.69, 9.17) is 0 Å². The number of aliphatic hydroxyl groups is 1. The van der Waals surface area contributed by atoms with Crippen LogP contribution in [-0.4, -0.2) is 65.3 Å². The van der Waals surface area contributed by atoms with Gasteiger partial charge in [-0.15, -0.1) is 0 Å². The molecule has 0 saturated carbocycles. The first-order valence-corrected chi connectivity index (χ1v) is 9.77. The molecule has 23 heavy (non-hydrogen) atoms. The highest BCUT2D eigenvalue weighted by Crippen LogP contribution is 2.37. The number of nitrogens with zero attached hydrogens (tertiary/aromatic N) is 4. The first-order chi connectivity index (χ1) is 10.9. The highest BCUT2D eigenvalue weighted by atomic mass is 32.2. The zero-order valence-corrected chi connectivity index (χ0v) is 14.2. The van der Waals surface area contributed by atoms with Crippen LogP contribution in [-0.2, 0) is 10.0 Å². The number of piperidine rings is 2. The first kappa shape index (κ1) is 16.6. The van der Waals surface area contributed by atoms with Crippen molar-refractivity contribution in [2.24, 2.45) is 5.92 Å². The van der Waals surface area contributed by atoms with Gasteiger partial charge in [-0.3, -0.25) is 4.98 Å². The number of aromatic nitrogens is 2. The predicted octanol–water partition coefficient (Wildman–Crippen LogP) is 0.479. The van der Waals surface area contributed by atoms with E-state index in [1.54, 1.807) is 22.9 Å². The maximum absolute atomic E-state index is 12.3. The van der Waals surface area contributed by atoms with Gasteiger partial charge in [-0.2, -0.15) is 0 Å². The van der Waals surface area contributed by atoms with Crippen molar-refractivity contribution in [3.63, 3.8) is 0 Å². The highest BCUT2D eigenvalue weighted by Gasteiger charge is 2.47. The predicted molar refractivity (Wildman–Crippen MR) is 87.6 cm³/mol. The molecule has 0 bridgehead atoms. The number of rotatable bonds is 4. The first-order valence-electron chi connectivity index (χ1n) is 8.16. The SMILES string of the molecule is CCCS(=O)(=O)N1CC[C@@]2(O)CCN(c3cnccn3)C[C@H]2C1. The van der Waals surface area contributed by atoms with E-state index >= 15 is 0 Å². The second kappa shape index (κ2) is 6.33. The van der Waals surface area contributed by atoms with Gasteiger partial charge in [0.1, 0.15) is 5.82 Å². The maximum Gasteiger partial charge on any atom is 0.214 e. The second-order valence-corrected chi connectivity index (χ2v) is 8.57. The zero-order valence-electron chi connectivity index (χ0n) is 13.4. The lowest BCUT2D eigenvalue weighted by atomic mass is 9.76. The Balaban J connectivity index is 1.75. The van der Waals surface area contributed by atoms with Crippen molar-refractivity contribution in [1.82, 2.24) is 14.3 Å². The molecular formula is C15H24N4O3S. The summed E-state index contributed by atoms with van der Waals surface area (Å²) >= 11 is 0. The van der Waals surface area contributed by atoms with Gasteiger partial charge in [0.25, 0.3) is 0 Å². The molecule has 1 N–H and O–H groups in total. The van der Waals surface area contributed by atoms with Crippen LogP contribution >= 0.6 is 0 Å². The maximum atomic E-state index is 12.3. The van der Waals surface area contributed by atoms with E-state index in [9.17, 15) is 13.5 Å². The quantitative estimate of drug-likeness (QED) is 0.858. The van der Waals surface area contributed by atoms with Crippen molar-refractivity contribution in [1.29, 1.82) is 0 Å². The monoisotopic (exact) mass is 340 g/mol. The molecule has 8 heteroatoms. The molecule has 0 spiro atoms. The molecule has 0 amide bonds. The minimum absolute atomic E-state index is 0.0985. The molecule has 1 aromatic heterocycles. The number of hydrogen-bond donors (Lipinski definition) is 1. The number of hydrogen-bond acceptors (Lipinski definition) is 6. The average molecular weight is 340 g/mol. The van der Waals surface area contributed by atoms with Crippen LogP contribution in [0.5, 0.6) is 0 Å². The Kier molecular flexibility index (Phi) is 4.57. The summed E-state index contributed by atoms with van der Waals surface area (Å²) in [6, 6.07) is 0. The molecule has 3 rings (SSSR count). The molecule has 2 aliphatic heterocycles. The van der Waals surface area contributed by atoms with Gasteiger partial charge in [-0.25, -0.2) is 17.7 Å². The fourth-order valence-electron chi connectivity index (χ4n) is 3.57. The van der Waals surface area contributed by atoms with E-state index in [2.05, 4.69) is 14.9 Å². The lowest BCUT2D eigenvalue weighted by Crippen LogP contribution is -2.61. The lowest BCUT2D eigenvalue weighted by Gasteiger charge is -2.50. The molecule has 1 aromatic rings. The molecule has 0 aliphatic carbocycles. The Hall–Kier alpha value is -1.25. The van der Waals surface area contributed by atoms with Crippen molar-refractivity contribution in [3.05, 3.63) is 18.6 Å². The van der Waals surface area contributed by atoms with Crippen LogP contribution in [0.15, 0.2) is 18.6 Å². The molecule has 0 radical (unpaired) electrons. The van der Waals surface area contributed by atoms with E-state index in [0.717, 1.165) is 5.82 Å². The van der Waals surface area contributed by atoms with Crippen molar-refractivity contribution < 1.29 is 13.5 Å². The van der Waals surface area contributed by atoms with Crippen molar-refractivity contribution in [2.75, 3.05) is 36.8 Å². The van der Waals surface area contributed by atoms with Crippen LogP contribution in [0.3, 0.4) is 0 Å². The van der Waals surface area contributed by atoms with Crippen LogP contribution < -0.4 is 4.90 Å². The Morgan fingerprint density at radius 2 is 2.09 bits per heavy atom. The largest absolute Gasteiger partial charge is 0.389 e. The fraction of sp³-hybridized carbons (Fsp3) is 0.733. The topological polar surface area (TPSA) is 86.6 Å². The summed E-state index contributed by atoms with van der Waals surface area (Å²) in [5.74, 6) is 0.855. The van der Waals surface area contributed by atoms with Gasteiger partial charge in [0.15, 0.2) is 0 Å². The molecule has 2 aliphatic rings. The third-order valence-corrected chi connectivity index (χ3v) is 7.01. The summed E-state index contributed by atoms with van der Waals surface area (Å²) in [5, 5.41) is 10.9. The van der Waals surface area contributed by atoms with Gasteiger partial charge in [-0.1, -0.05) is 6.92 Å². The smallest absolute Gasteiger partial charge is 0.214 e. The molecule has 0 unspecified atom stereocenters. The number of fused-ring (bicyclic) bond motifs is 1. The fourth-order valence-corrected chi connectivity index (χ4v) is 5.13. The number of sulfonamides is 1. The Morgan fingerprint density at radius 3 is 2.78 bits per heavy atom. The van der Waals surface area contributed by atoms with Gasteiger partial charge in [-0.05, 0) is 19.3 Å². The third-order valence-electron chi connectivity index (χ3n) is 4.96. The van der Waals surface area contributed by atoms with E-state index in [1.165, 1.54) is 0 Å². The molecule has 2 fully saturated rings. The Morgan fingerprint density at radius 1 is 1.30 bits per heavy atom. The van der Waals surface area contributed by atoms with E-state index in [1.807, 2.05) is 6.92 Å². The molecule has 3 heterocycles. The van der Waals surface area contributed by atoms with Crippen molar-refractivity contribution in [3.8, 4) is 0 Å². The van der Waals surface area contributed by atoms with Gasteiger partial charge < -0.3 is 10.0 Å². The van der Waals surface area contributed by atoms with Crippen LogP contribution in [0.1, 0.15) is 26.2 Å². The van der Waals surface area contributed by atoms with Gasteiger partial charge >= 0.3 is 0 Å². The van der Waals surface area contributed by atoms with Crippen LogP contribution in [0.25, 0.3) is 0 Å². The van der Waals surface area contributed by atoms with Gasteiger partial charge in [0.2, 0.25) is 10.0 Å². The average Bonchev–Trinajstić information content (AvgIpc) is 2.54. The van der Waals surface area contributed by atoms with Crippen molar-refractivity contribution >= 4 is 15.8 Å². The second-order valence-electron chi connectivity index (χ2n) is 6.48. The standard InChI is InChI=1S/C15H24N4O3S/c1-2-9-23(21,22)19-8-4-15(20)3-7-18(11-13(15)12-19)14-10-16-5-6-17-14/h5-6,10,13,20H,2-4,7-9,11-12H2,1H3/t13-,15-/m0/s1. The molecule has 7 nitrogen and oxygen atoms in total. The summed E-state index contributed by atoms with van der Waals surface area (Å²) < 4.78 is 26.2. The molecule has 2 atom stereocenters. The lowest BCUT2D eigenvalue weighted by molar-refractivity contribution is -0.0689. The molecule has 0 aromatic carbocycles. The van der Waals surface area contributed by atoms with Crippen LogP contribution in [0, 0.1) is 5.92 Å². The Bertz CT molecular complexity index is 639. The minimum Gasteiger partial charge on any atom is -0.389 e. The summed E-state index contributed by atoms with van der Waals surface area (Å²) in [7, 11) is -3.22. The summed E-state index contributed by atoms with van der Waals surface area (Å²) in [6.45, 7) is 3.99. The van der Waals surface area contributed by atoms with Gasteiger partial charge in [0, 0.05) is 44.5 Å². The minimum atomic E-state index is -3.22. The normalized spacial score (nSPS) is 29.3. The highest BCUT2D eigenvalue weighted by molar-refractivity contribution is 7.89. The molecule has 2 saturated heterocycles. The summed E-state index contributed by atoms with van der Waals surface area (Å²) in [6.07, 6.45) is 6.74. The molecule has 128 valence electrons. The van der Waals surface area contributed by atoms with Crippen molar-refractivity contribution in [2.45, 2.75) is 31.8 Å². The van der Waals surface area contributed by atoms with E-state index in [-0.39, 0.29) is 11.7 Å². The molecular weight excluding hydrogens is 316 g/mol. The van der Waals surface area contributed by atoms with Gasteiger partial charge in [0.05, 0.1) is 17.6 Å². The van der Waals surface area contributed by atoms with Crippen LogP contribution in [0.2, 0.25) is 0 Å². The van der Waals surface area contributed by atoms with E-state index < -0.39 is 15.6 Å².